The highest BCUT2D eigenvalue weighted by molar-refractivity contribution is 5.31. The summed E-state index contributed by atoms with van der Waals surface area (Å²) in [5, 5.41) is 15.4. The molecule has 2 saturated heterocycles. The third-order valence-corrected chi connectivity index (χ3v) is 5.47. The number of benzene rings is 1. The summed E-state index contributed by atoms with van der Waals surface area (Å²) in [4.78, 5) is 4.71. The molecule has 1 aromatic carbocycles. The maximum absolute atomic E-state index is 13.4. The van der Waals surface area contributed by atoms with E-state index in [9.17, 15) is 9.50 Å². The van der Waals surface area contributed by atoms with Crippen molar-refractivity contribution in [3.63, 3.8) is 0 Å². The number of nitrogens with zero attached hydrogens (tertiary/aromatic N) is 4. The Morgan fingerprint density at radius 3 is 2.73 bits per heavy atom. The fraction of sp³-hybridized carbons (Fsp3) is 0.550. The van der Waals surface area contributed by atoms with Crippen molar-refractivity contribution in [2.45, 2.75) is 37.8 Å². The summed E-state index contributed by atoms with van der Waals surface area (Å²) >= 11 is 0. The van der Waals surface area contributed by atoms with Crippen LogP contribution in [0.5, 0.6) is 0 Å². The van der Waals surface area contributed by atoms with E-state index in [1.165, 1.54) is 25.0 Å². The van der Waals surface area contributed by atoms with E-state index in [0.717, 1.165) is 56.8 Å². The molecule has 4 rings (SSSR count). The van der Waals surface area contributed by atoms with Crippen molar-refractivity contribution in [1.29, 1.82) is 0 Å². The number of halogens is 1. The topological polar surface area (TPSA) is 44.5 Å². The van der Waals surface area contributed by atoms with Gasteiger partial charge in [0.25, 0.3) is 0 Å². The van der Waals surface area contributed by atoms with Gasteiger partial charge in [0.2, 0.25) is 0 Å². The summed E-state index contributed by atoms with van der Waals surface area (Å²) in [5.41, 5.74) is 1.20. The van der Waals surface area contributed by atoms with Gasteiger partial charge < -0.3 is 10.0 Å². The van der Waals surface area contributed by atoms with E-state index in [4.69, 9.17) is 0 Å². The Bertz CT molecular complexity index is 743. The summed E-state index contributed by atoms with van der Waals surface area (Å²) in [6.45, 7) is 5.47. The average Bonchev–Trinajstić information content (AvgIpc) is 3.26. The van der Waals surface area contributed by atoms with Crippen LogP contribution >= 0.6 is 0 Å². The summed E-state index contributed by atoms with van der Waals surface area (Å²) < 4.78 is 15.1. The highest BCUT2D eigenvalue weighted by atomic mass is 19.1. The molecule has 2 aromatic rings. The van der Waals surface area contributed by atoms with Crippen LogP contribution in [0.3, 0.4) is 0 Å². The van der Waals surface area contributed by atoms with Crippen LogP contribution in [-0.4, -0.2) is 63.0 Å². The Morgan fingerprint density at radius 2 is 1.92 bits per heavy atom. The average molecular weight is 358 g/mol. The first-order chi connectivity index (χ1) is 12.6. The summed E-state index contributed by atoms with van der Waals surface area (Å²) in [6.07, 6.45) is 8.17. The molecule has 1 N–H and O–H groups in total. The molecule has 140 valence electrons. The number of hydrogen-bond donors (Lipinski definition) is 1. The lowest BCUT2D eigenvalue weighted by molar-refractivity contribution is -0.0519. The molecule has 0 aliphatic carbocycles. The van der Waals surface area contributed by atoms with Crippen molar-refractivity contribution in [3.05, 3.63) is 48.0 Å². The van der Waals surface area contributed by atoms with E-state index in [1.807, 2.05) is 18.5 Å². The Hall–Kier alpha value is -1.76. The maximum atomic E-state index is 13.4. The lowest BCUT2D eigenvalue weighted by atomic mass is 9.92. The molecule has 2 fully saturated rings. The van der Waals surface area contributed by atoms with Crippen molar-refractivity contribution in [2.75, 3.05) is 32.7 Å². The van der Waals surface area contributed by atoms with Gasteiger partial charge in [-0.3, -0.25) is 4.90 Å². The van der Waals surface area contributed by atoms with Crippen molar-refractivity contribution in [1.82, 2.24) is 19.6 Å². The molecule has 1 unspecified atom stereocenters. The van der Waals surface area contributed by atoms with Crippen molar-refractivity contribution >= 4 is 0 Å². The third kappa shape index (κ3) is 4.14. The zero-order valence-electron chi connectivity index (χ0n) is 15.1. The zero-order chi connectivity index (χ0) is 18.0. The molecule has 3 heterocycles. The van der Waals surface area contributed by atoms with Crippen molar-refractivity contribution in [2.24, 2.45) is 0 Å². The lowest BCUT2D eigenvalue weighted by Gasteiger charge is -2.41. The first-order valence-corrected chi connectivity index (χ1v) is 9.56. The minimum atomic E-state index is -0.610. The second-order valence-corrected chi connectivity index (χ2v) is 7.79. The van der Waals surface area contributed by atoms with Gasteiger partial charge in [0.15, 0.2) is 0 Å². The molecule has 1 aromatic heterocycles. The Kier molecular flexibility index (Phi) is 5.07. The van der Waals surface area contributed by atoms with Gasteiger partial charge in [-0.2, -0.15) is 5.10 Å². The summed E-state index contributed by atoms with van der Waals surface area (Å²) in [6, 6.07) is 6.44. The van der Waals surface area contributed by atoms with Crippen LogP contribution in [-0.2, 0) is 6.54 Å². The monoisotopic (exact) mass is 358 g/mol. The van der Waals surface area contributed by atoms with E-state index < -0.39 is 5.60 Å². The normalized spacial score (nSPS) is 25.0. The van der Waals surface area contributed by atoms with Gasteiger partial charge in [-0.1, -0.05) is 6.07 Å². The quantitative estimate of drug-likeness (QED) is 0.892. The highest BCUT2D eigenvalue weighted by Gasteiger charge is 2.35. The van der Waals surface area contributed by atoms with E-state index >= 15 is 0 Å². The number of β-amino-alcohol motifs (C(OH)–C–C–N with tert-alkyl or cyclic N) is 1. The van der Waals surface area contributed by atoms with Gasteiger partial charge in [-0.15, -0.1) is 0 Å². The molecule has 0 amide bonds. The lowest BCUT2D eigenvalue weighted by Crippen LogP contribution is -2.53. The smallest absolute Gasteiger partial charge is 0.125 e. The largest absolute Gasteiger partial charge is 0.387 e. The molecule has 0 radical (unpaired) electrons. The number of rotatable bonds is 5. The molecule has 2 aliphatic rings. The van der Waals surface area contributed by atoms with Crippen LogP contribution in [0.2, 0.25) is 0 Å². The Labute approximate surface area is 154 Å². The molecule has 2 aliphatic heterocycles. The van der Waals surface area contributed by atoms with E-state index in [1.54, 1.807) is 10.7 Å². The molecular formula is C20H27FN4O. The summed E-state index contributed by atoms with van der Waals surface area (Å²) in [5.74, 6) is -0.262. The molecule has 26 heavy (non-hydrogen) atoms. The van der Waals surface area contributed by atoms with Gasteiger partial charge >= 0.3 is 0 Å². The van der Waals surface area contributed by atoms with Gasteiger partial charge in [0, 0.05) is 31.4 Å². The Morgan fingerprint density at radius 1 is 1.12 bits per heavy atom. The maximum Gasteiger partial charge on any atom is 0.125 e. The molecule has 0 bridgehead atoms. The van der Waals surface area contributed by atoms with Crippen LogP contribution in [0.1, 0.15) is 31.2 Å². The minimum absolute atomic E-state index is 0.262. The fourth-order valence-electron chi connectivity index (χ4n) is 4.29. The molecule has 1 atom stereocenters. The molecule has 5 nitrogen and oxygen atoms in total. The number of aliphatic hydroxyl groups is 1. The fourth-order valence-corrected chi connectivity index (χ4v) is 4.29. The van der Waals surface area contributed by atoms with Crippen LogP contribution in [0.15, 0.2) is 36.7 Å². The van der Waals surface area contributed by atoms with Gasteiger partial charge in [-0.05, 0) is 63.5 Å². The van der Waals surface area contributed by atoms with E-state index in [-0.39, 0.29) is 5.82 Å². The van der Waals surface area contributed by atoms with Crippen LogP contribution in [0.4, 0.5) is 4.39 Å². The van der Waals surface area contributed by atoms with Crippen LogP contribution < -0.4 is 0 Å². The second-order valence-electron chi connectivity index (χ2n) is 7.79. The second kappa shape index (κ2) is 7.47. The molecule has 6 heteroatoms. The minimum Gasteiger partial charge on any atom is -0.387 e. The van der Waals surface area contributed by atoms with Crippen molar-refractivity contribution in [3.8, 4) is 5.69 Å². The molecular weight excluding hydrogens is 331 g/mol. The van der Waals surface area contributed by atoms with Crippen LogP contribution in [0, 0.1) is 5.82 Å². The number of hydrogen-bond acceptors (Lipinski definition) is 4. The first-order valence-electron chi connectivity index (χ1n) is 9.56. The van der Waals surface area contributed by atoms with Crippen molar-refractivity contribution < 1.29 is 9.50 Å². The Balaban J connectivity index is 1.39. The zero-order valence-corrected chi connectivity index (χ0v) is 15.1. The number of aromatic nitrogens is 2. The third-order valence-electron chi connectivity index (χ3n) is 5.47. The number of piperidine rings is 1. The first kappa shape index (κ1) is 17.6. The predicted molar refractivity (Wildman–Crippen MR) is 98.7 cm³/mol. The van der Waals surface area contributed by atoms with Gasteiger partial charge in [-0.25, -0.2) is 9.07 Å². The number of likely N-dealkylation sites (tertiary alicyclic amines) is 2. The van der Waals surface area contributed by atoms with E-state index in [2.05, 4.69) is 14.9 Å². The SMILES string of the molecule is OC1(CN2CCCC2)CCCN(Cc2cnn(-c3cccc(F)c3)c2)C1. The standard InChI is InChI=1S/C20H27FN4O/c21-18-5-3-6-19(11-18)25-14-17(12-22-25)13-24-10-4-7-20(26,16-24)15-23-8-1-2-9-23/h3,5-6,11-12,14,26H,1-2,4,7-10,13,15-16H2. The van der Waals surface area contributed by atoms with Gasteiger partial charge in [0.05, 0.1) is 17.5 Å². The van der Waals surface area contributed by atoms with Gasteiger partial charge in [0.1, 0.15) is 5.82 Å². The van der Waals surface area contributed by atoms with Crippen LogP contribution in [0.25, 0.3) is 5.69 Å². The highest BCUT2D eigenvalue weighted by Crippen LogP contribution is 2.25. The molecule has 0 spiro atoms. The van der Waals surface area contributed by atoms with E-state index in [0.29, 0.717) is 6.54 Å². The predicted octanol–water partition coefficient (Wildman–Crippen LogP) is 2.43. The molecule has 0 saturated carbocycles. The summed E-state index contributed by atoms with van der Waals surface area (Å²) in [7, 11) is 0.